The average molecular weight is 418 g/mol. The summed E-state index contributed by atoms with van der Waals surface area (Å²) in [6, 6.07) is 19.8. The van der Waals surface area contributed by atoms with Gasteiger partial charge in [-0.25, -0.2) is 9.78 Å². The lowest BCUT2D eigenvalue weighted by atomic mass is 10.1. The second-order valence-corrected chi connectivity index (χ2v) is 7.29. The fraction of sp³-hybridized carbons (Fsp3) is 0.0870. The van der Waals surface area contributed by atoms with Crippen LogP contribution in [0.15, 0.2) is 82.3 Å². The summed E-state index contributed by atoms with van der Waals surface area (Å²) in [5.74, 6) is -0.470. The summed E-state index contributed by atoms with van der Waals surface area (Å²) < 4.78 is 10.7. The van der Waals surface area contributed by atoms with E-state index in [2.05, 4.69) is 10.3 Å². The minimum Gasteiger partial charge on any atom is -0.463 e. The molecule has 1 amide bonds. The van der Waals surface area contributed by atoms with Gasteiger partial charge in [-0.15, -0.1) is 11.8 Å². The topological polar surface area (TPSA) is 81.4 Å². The van der Waals surface area contributed by atoms with Gasteiger partial charge in [-0.2, -0.15) is 0 Å². The zero-order valence-corrected chi connectivity index (χ0v) is 16.9. The molecule has 150 valence electrons. The van der Waals surface area contributed by atoms with Crippen LogP contribution in [0.2, 0.25) is 0 Å². The number of carbonyl (C=O) groups excluding carboxylic acids is 2. The molecule has 0 saturated carbocycles. The Morgan fingerprint density at radius 1 is 1.07 bits per heavy atom. The molecule has 2 aromatic carbocycles. The van der Waals surface area contributed by atoms with Crippen molar-refractivity contribution in [2.24, 2.45) is 0 Å². The SMILES string of the molecule is CSc1cccc(NC(=O)COC(=O)c2cc(-c3ccco3)nc3ccccc23)c1. The van der Waals surface area contributed by atoms with Gasteiger partial charge in [0.2, 0.25) is 0 Å². The van der Waals surface area contributed by atoms with Crippen molar-refractivity contribution in [2.45, 2.75) is 4.90 Å². The number of anilines is 1. The maximum absolute atomic E-state index is 12.8. The number of furan rings is 1. The highest BCUT2D eigenvalue weighted by Gasteiger charge is 2.17. The van der Waals surface area contributed by atoms with Crippen LogP contribution in [-0.2, 0) is 9.53 Å². The van der Waals surface area contributed by atoms with E-state index < -0.39 is 18.5 Å². The third-order valence-corrected chi connectivity index (χ3v) is 5.12. The molecule has 4 aromatic rings. The molecule has 6 nitrogen and oxygen atoms in total. The number of esters is 1. The van der Waals surface area contributed by atoms with Crippen molar-refractivity contribution in [1.29, 1.82) is 0 Å². The molecule has 0 saturated heterocycles. The molecule has 0 atom stereocenters. The molecule has 1 N–H and O–H groups in total. The number of rotatable bonds is 6. The molecule has 7 heteroatoms. The fourth-order valence-electron chi connectivity index (χ4n) is 3.00. The van der Waals surface area contributed by atoms with E-state index in [1.807, 2.05) is 42.7 Å². The highest BCUT2D eigenvalue weighted by Crippen LogP contribution is 2.26. The van der Waals surface area contributed by atoms with Gasteiger partial charge in [-0.1, -0.05) is 24.3 Å². The zero-order chi connectivity index (χ0) is 20.9. The van der Waals surface area contributed by atoms with Crippen LogP contribution in [0.3, 0.4) is 0 Å². The largest absolute Gasteiger partial charge is 0.463 e. The van der Waals surface area contributed by atoms with Crippen LogP contribution >= 0.6 is 11.8 Å². The van der Waals surface area contributed by atoms with E-state index in [-0.39, 0.29) is 0 Å². The molecule has 30 heavy (non-hydrogen) atoms. The highest BCUT2D eigenvalue weighted by atomic mass is 32.2. The van der Waals surface area contributed by atoms with Crippen LogP contribution < -0.4 is 5.32 Å². The third-order valence-electron chi connectivity index (χ3n) is 4.40. The van der Waals surface area contributed by atoms with E-state index in [9.17, 15) is 9.59 Å². The van der Waals surface area contributed by atoms with Crippen molar-refractivity contribution in [3.8, 4) is 11.5 Å². The Bertz CT molecular complexity index is 1210. The molecule has 4 rings (SSSR count). The van der Waals surface area contributed by atoms with Crippen LogP contribution in [0.5, 0.6) is 0 Å². The van der Waals surface area contributed by atoms with Crippen LogP contribution in [0.4, 0.5) is 5.69 Å². The number of thioether (sulfide) groups is 1. The lowest BCUT2D eigenvalue weighted by Crippen LogP contribution is -2.21. The number of benzene rings is 2. The number of carbonyl (C=O) groups is 2. The number of ether oxygens (including phenoxy) is 1. The molecule has 0 spiro atoms. The average Bonchev–Trinajstić information content (AvgIpc) is 3.32. The van der Waals surface area contributed by atoms with Crippen LogP contribution in [-0.4, -0.2) is 29.7 Å². The number of amides is 1. The Kier molecular flexibility index (Phi) is 5.81. The van der Waals surface area contributed by atoms with Gasteiger partial charge < -0.3 is 14.5 Å². The van der Waals surface area contributed by atoms with Gasteiger partial charge in [-0.3, -0.25) is 4.79 Å². The van der Waals surface area contributed by atoms with Crippen LogP contribution in [0, 0.1) is 0 Å². The predicted octanol–water partition coefficient (Wildman–Crippen LogP) is 5.01. The summed E-state index contributed by atoms with van der Waals surface area (Å²) in [6.07, 6.45) is 3.50. The Balaban J connectivity index is 1.52. The summed E-state index contributed by atoms with van der Waals surface area (Å²) in [4.78, 5) is 30.6. The second-order valence-electron chi connectivity index (χ2n) is 6.41. The van der Waals surface area contributed by atoms with Gasteiger partial charge in [0.15, 0.2) is 12.4 Å². The quantitative estimate of drug-likeness (QED) is 0.350. The number of hydrogen-bond acceptors (Lipinski definition) is 6. The smallest absolute Gasteiger partial charge is 0.339 e. The molecule has 0 radical (unpaired) electrons. The predicted molar refractivity (Wildman–Crippen MR) is 117 cm³/mol. The minimum atomic E-state index is -0.602. The molecule has 0 aliphatic heterocycles. The lowest BCUT2D eigenvalue weighted by Gasteiger charge is -2.10. The molecule has 0 aliphatic rings. The second kappa shape index (κ2) is 8.84. The van der Waals surface area contributed by atoms with Crippen molar-refractivity contribution < 1.29 is 18.7 Å². The minimum absolute atomic E-state index is 0.323. The first kappa shape index (κ1) is 19.7. The van der Waals surface area contributed by atoms with Crippen molar-refractivity contribution in [2.75, 3.05) is 18.2 Å². The van der Waals surface area contributed by atoms with Crippen molar-refractivity contribution >= 4 is 40.2 Å². The molecule has 2 heterocycles. The normalized spacial score (nSPS) is 10.7. The number of hydrogen-bond donors (Lipinski definition) is 1. The van der Waals surface area contributed by atoms with E-state index >= 15 is 0 Å². The Morgan fingerprint density at radius 3 is 2.73 bits per heavy atom. The molecular weight excluding hydrogens is 400 g/mol. The van der Waals surface area contributed by atoms with Gasteiger partial charge in [-0.05, 0) is 48.7 Å². The fourth-order valence-corrected chi connectivity index (χ4v) is 3.46. The van der Waals surface area contributed by atoms with E-state index in [1.165, 1.54) is 0 Å². The Morgan fingerprint density at radius 2 is 1.93 bits per heavy atom. The Labute approximate surface area is 177 Å². The van der Waals surface area contributed by atoms with E-state index in [4.69, 9.17) is 9.15 Å². The zero-order valence-electron chi connectivity index (χ0n) is 16.1. The maximum Gasteiger partial charge on any atom is 0.339 e. The van der Waals surface area contributed by atoms with E-state index in [0.29, 0.717) is 33.6 Å². The summed E-state index contributed by atoms with van der Waals surface area (Å²) in [7, 11) is 0. The summed E-state index contributed by atoms with van der Waals surface area (Å²) in [5.41, 5.74) is 2.13. The number of nitrogens with one attached hydrogen (secondary N) is 1. The monoisotopic (exact) mass is 418 g/mol. The van der Waals surface area contributed by atoms with E-state index in [1.54, 1.807) is 48.4 Å². The van der Waals surface area contributed by atoms with Gasteiger partial charge in [0, 0.05) is 16.0 Å². The van der Waals surface area contributed by atoms with E-state index in [0.717, 1.165) is 4.90 Å². The first-order chi connectivity index (χ1) is 14.6. The highest BCUT2D eigenvalue weighted by molar-refractivity contribution is 7.98. The number of para-hydroxylation sites is 1. The van der Waals surface area contributed by atoms with Gasteiger partial charge in [0.25, 0.3) is 5.91 Å². The molecule has 0 aliphatic carbocycles. The number of aromatic nitrogens is 1. The van der Waals surface area contributed by atoms with Crippen molar-refractivity contribution in [3.63, 3.8) is 0 Å². The summed E-state index contributed by atoms with van der Waals surface area (Å²) in [5, 5.41) is 3.38. The Hall–Kier alpha value is -3.58. The summed E-state index contributed by atoms with van der Waals surface area (Å²) in [6.45, 7) is -0.394. The van der Waals surface area contributed by atoms with Crippen LogP contribution in [0.1, 0.15) is 10.4 Å². The van der Waals surface area contributed by atoms with Gasteiger partial charge in [0.1, 0.15) is 5.69 Å². The molecule has 0 bridgehead atoms. The third kappa shape index (κ3) is 4.36. The first-order valence-electron chi connectivity index (χ1n) is 9.19. The van der Waals surface area contributed by atoms with Crippen LogP contribution in [0.25, 0.3) is 22.4 Å². The molecule has 0 fully saturated rings. The maximum atomic E-state index is 12.8. The van der Waals surface area contributed by atoms with Gasteiger partial charge >= 0.3 is 5.97 Å². The summed E-state index contributed by atoms with van der Waals surface area (Å²) >= 11 is 1.58. The number of fused-ring (bicyclic) bond motifs is 1. The molecule has 0 unspecified atom stereocenters. The number of nitrogens with zero attached hydrogens (tertiary/aromatic N) is 1. The lowest BCUT2D eigenvalue weighted by molar-refractivity contribution is -0.119. The number of pyridine rings is 1. The van der Waals surface area contributed by atoms with Crippen molar-refractivity contribution in [3.05, 3.63) is 78.6 Å². The first-order valence-corrected chi connectivity index (χ1v) is 10.4. The van der Waals surface area contributed by atoms with Crippen molar-refractivity contribution in [1.82, 2.24) is 4.98 Å². The molecule has 2 aromatic heterocycles. The van der Waals surface area contributed by atoms with Gasteiger partial charge in [0.05, 0.1) is 17.3 Å². The molecular formula is C23H18N2O4S. The standard InChI is InChI=1S/C23H18N2O4S/c1-30-16-7-4-6-15(12-16)24-22(26)14-29-23(27)18-13-20(21-10-5-11-28-21)25-19-9-3-2-8-17(18)19/h2-13H,14H2,1H3,(H,24,26).